The number of nitrogens with one attached hydrogen (secondary N) is 2. The molecule has 0 saturated carbocycles. The van der Waals surface area contributed by atoms with Crippen molar-refractivity contribution in [3.05, 3.63) is 11.9 Å². The normalized spacial score (nSPS) is 10.6. The van der Waals surface area contributed by atoms with E-state index in [1.54, 1.807) is 0 Å². The van der Waals surface area contributed by atoms with Crippen LogP contribution in [-0.2, 0) is 11.2 Å². The zero-order valence-corrected chi connectivity index (χ0v) is 13.7. The van der Waals surface area contributed by atoms with E-state index in [0.29, 0.717) is 0 Å². The summed E-state index contributed by atoms with van der Waals surface area (Å²) in [7, 11) is 1.87. The molecule has 0 saturated heterocycles. The molecule has 0 atom stereocenters. The first-order valence-electron chi connectivity index (χ1n) is 7.58. The SMILES string of the molecule is CCCc1nc(NCC)cc(N(C)CC(=O)NC(C)C)n1. The lowest BCUT2D eigenvalue weighted by Crippen LogP contribution is -2.39. The first-order chi connectivity index (χ1) is 9.96. The summed E-state index contributed by atoms with van der Waals surface area (Å²) in [5.41, 5.74) is 0. The molecule has 1 rings (SSSR count). The molecule has 0 bridgehead atoms. The Morgan fingerprint density at radius 1 is 1.33 bits per heavy atom. The molecule has 0 unspecified atom stereocenters. The standard InChI is InChI=1S/C15H27N5O/c1-6-8-12-18-13(16-7-2)9-14(19-12)20(5)10-15(21)17-11(3)4/h9,11H,6-8,10H2,1-5H3,(H,17,21)(H,16,18,19). The smallest absolute Gasteiger partial charge is 0.239 e. The molecule has 1 amide bonds. The molecule has 0 spiro atoms. The summed E-state index contributed by atoms with van der Waals surface area (Å²) in [6.45, 7) is 9.12. The molecule has 6 heteroatoms. The minimum Gasteiger partial charge on any atom is -0.370 e. The van der Waals surface area contributed by atoms with E-state index < -0.39 is 0 Å². The van der Waals surface area contributed by atoms with Crippen molar-refractivity contribution >= 4 is 17.5 Å². The van der Waals surface area contributed by atoms with Gasteiger partial charge in [0.1, 0.15) is 17.5 Å². The van der Waals surface area contributed by atoms with Crippen LogP contribution in [0, 0.1) is 0 Å². The van der Waals surface area contributed by atoms with E-state index >= 15 is 0 Å². The molecule has 0 aliphatic heterocycles. The van der Waals surface area contributed by atoms with Crippen molar-refractivity contribution in [3.8, 4) is 0 Å². The van der Waals surface area contributed by atoms with Crippen molar-refractivity contribution in [1.82, 2.24) is 15.3 Å². The lowest BCUT2D eigenvalue weighted by atomic mass is 10.3. The van der Waals surface area contributed by atoms with Crippen LogP contribution in [0.2, 0.25) is 0 Å². The van der Waals surface area contributed by atoms with Gasteiger partial charge in [0.05, 0.1) is 6.54 Å². The monoisotopic (exact) mass is 293 g/mol. The Morgan fingerprint density at radius 2 is 2.05 bits per heavy atom. The summed E-state index contributed by atoms with van der Waals surface area (Å²) in [5.74, 6) is 2.38. The third-order valence-electron chi connectivity index (χ3n) is 2.81. The highest BCUT2D eigenvalue weighted by Crippen LogP contribution is 2.15. The minimum absolute atomic E-state index is 0.00634. The van der Waals surface area contributed by atoms with Crippen molar-refractivity contribution in [2.75, 3.05) is 30.4 Å². The highest BCUT2D eigenvalue weighted by atomic mass is 16.2. The van der Waals surface area contributed by atoms with E-state index in [1.165, 1.54) is 0 Å². The Bertz CT molecular complexity index is 437. The van der Waals surface area contributed by atoms with Crippen molar-refractivity contribution in [1.29, 1.82) is 0 Å². The molecule has 1 aromatic heterocycles. The van der Waals surface area contributed by atoms with Gasteiger partial charge < -0.3 is 15.5 Å². The molecular formula is C15H27N5O. The molecule has 21 heavy (non-hydrogen) atoms. The topological polar surface area (TPSA) is 70.2 Å². The predicted molar refractivity (Wildman–Crippen MR) is 86.7 cm³/mol. The highest BCUT2D eigenvalue weighted by molar-refractivity contribution is 5.81. The first-order valence-corrected chi connectivity index (χ1v) is 7.58. The average Bonchev–Trinajstić information content (AvgIpc) is 2.38. The molecule has 0 fully saturated rings. The average molecular weight is 293 g/mol. The maximum atomic E-state index is 11.8. The molecule has 1 heterocycles. The van der Waals surface area contributed by atoms with Crippen LogP contribution in [0.25, 0.3) is 0 Å². The van der Waals surface area contributed by atoms with E-state index in [1.807, 2.05) is 38.8 Å². The lowest BCUT2D eigenvalue weighted by molar-refractivity contribution is -0.120. The van der Waals surface area contributed by atoms with E-state index in [9.17, 15) is 4.79 Å². The summed E-state index contributed by atoms with van der Waals surface area (Å²) in [4.78, 5) is 22.7. The van der Waals surface area contributed by atoms with Gasteiger partial charge in [0.2, 0.25) is 5.91 Å². The second kappa shape index (κ2) is 8.44. The Morgan fingerprint density at radius 3 is 2.62 bits per heavy atom. The van der Waals surface area contributed by atoms with E-state index in [-0.39, 0.29) is 18.5 Å². The summed E-state index contributed by atoms with van der Waals surface area (Å²) in [6, 6.07) is 2.02. The van der Waals surface area contributed by atoms with Crippen molar-refractivity contribution in [3.63, 3.8) is 0 Å². The summed E-state index contributed by atoms with van der Waals surface area (Å²) in [6.07, 6.45) is 1.82. The van der Waals surface area contributed by atoms with Crippen molar-refractivity contribution in [2.45, 2.75) is 46.6 Å². The molecule has 0 aliphatic carbocycles. The number of anilines is 2. The number of carbonyl (C=O) groups excluding carboxylic acids is 1. The van der Waals surface area contributed by atoms with Gasteiger partial charge in [-0.25, -0.2) is 9.97 Å². The summed E-state index contributed by atoms with van der Waals surface area (Å²) in [5, 5.41) is 6.09. The quantitative estimate of drug-likeness (QED) is 0.765. The zero-order valence-electron chi connectivity index (χ0n) is 13.7. The fourth-order valence-electron chi connectivity index (χ4n) is 1.95. The van der Waals surface area contributed by atoms with Crippen molar-refractivity contribution in [2.24, 2.45) is 0 Å². The number of nitrogens with zero attached hydrogens (tertiary/aromatic N) is 3. The highest BCUT2D eigenvalue weighted by Gasteiger charge is 2.12. The van der Waals surface area contributed by atoms with Crippen LogP contribution in [0.1, 0.15) is 39.9 Å². The number of carbonyl (C=O) groups is 1. The van der Waals surface area contributed by atoms with Gasteiger partial charge in [-0.2, -0.15) is 0 Å². The maximum Gasteiger partial charge on any atom is 0.239 e. The number of amides is 1. The van der Waals surface area contributed by atoms with E-state index in [0.717, 1.165) is 36.8 Å². The Labute approximate surface area is 127 Å². The molecule has 118 valence electrons. The maximum absolute atomic E-state index is 11.8. The van der Waals surface area contributed by atoms with Gasteiger partial charge in [-0.15, -0.1) is 0 Å². The molecule has 0 radical (unpaired) electrons. The van der Waals surface area contributed by atoms with E-state index in [4.69, 9.17) is 0 Å². The predicted octanol–water partition coefficient (Wildman–Crippen LogP) is 1.82. The van der Waals surface area contributed by atoms with Crippen LogP contribution in [0.4, 0.5) is 11.6 Å². The van der Waals surface area contributed by atoms with Gasteiger partial charge in [0, 0.05) is 32.1 Å². The van der Waals surface area contributed by atoms with Crippen LogP contribution >= 0.6 is 0 Å². The van der Waals surface area contributed by atoms with Crippen LogP contribution < -0.4 is 15.5 Å². The fraction of sp³-hybridized carbons (Fsp3) is 0.667. The first kappa shape index (κ1) is 17.2. The van der Waals surface area contributed by atoms with Gasteiger partial charge in [0.25, 0.3) is 0 Å². The molecule has 0 aromatic carbocycles. The molecule has 0 aliphatic rings. The number of hydrogen-bond acceptors (Lipinski definition) is 5. The third-order valence-corrected chi connectivity index (χ3v) is 2.81. The van der Waals surface area contributed by atoms with Gasteiger partial charge in [-0.05, 0) is 27.2 Å². The number of aryl methyl sites for hydroxylation is 1. The van der Waals surface area contributed by atoms with E-state index in [2.05, 4.69) is 27.5 Å². The van der Waals surface area contributed by atoms with Crippen LogP contribution in [-0.4, -0.2) is 42.1 Å². The van der Waals surface area contributed by atoms with Crippen LogP contribution in [0.3, 0.4) is 0 Å². The Kier molecular flexibility index (Phi) is 6.91. The number of aromatic nitrogens is 2. The number of hydrogen-bond donors (Lipinski definition) is 2. The van der Waals surface area contributed by atoms with Gasteiger partial charge >= 0.3 is 0 Å². The Balaban J connectivity index is 2.85. The number of rotatable bonds is 8. The number of likely N-dealkylation sites (N-methyl/N-ethyl adjacent to an activating group) is 1. The van der Waals surface area contributed by atoms with Crippen LogP contribution in [0.5, 0.6) is 0 Å². The molecular weight excluding hydrogens is 266 g/mol. The lowest BCUT2D eigenvalue weighted by Gasteiger charge is -2.20. The van der Waals surface area contributed by atoms with Crippen LogP contribution in [0.15, 0.2) is 6.07 Å². The van der Waals surface area contributed by atoms with Gasteiger partial charge in [-0.1, -0.05) is 6.92 Å². The fourth-order valence-corrected chi connectivity index (χ4v) is 1.95. The summed E-state index contributed by atoms with van der Waals surface area (Å²) < 4.78 is 0. The zero-order chi connectivity index (χ0) is 15.8. The Hall–Kier alpha value is -1.85. The molecule has 6 nitrogen and oxygen atoms in total. The third kappa shape index (κ3) is 5.97. The molecule has 1 aromatic rings. The van der Waals surface area contributed by atoms with Gasteiger partial charge in [-0.3, -0.25) is 4.79 Å². The molecule has 2 N–H and O–H groups in total. The van der Waals surface area contributed by atoms with Crippen molar-refractivity contribution < 1.29 is 4.79 Å². The minimum atomic E-state index is -0.00634. The second-order valence-corrected chi connectivity index (χ2v) is 5.39. The van der Waals surface area contributed by atoms with Gasteiger partial charge in [0.15, 0.2) is 0 Å². The largest absolute Gasteiger partial charge is 0.370 e. The summed E-state index contributed by atoms with van der Waals surface area (Å²) >= 11 is 0. The second-order valence-electron chi connectivity index (χ2n) is 5.39.